The van der Waals surface area contributed by atoms with E-state index in [1.54, 1.807) is 24.3 Å². The second-order valence-corrected chi connectivity index (χ2v) is 9.95. The summed E-state index contributed by atoms with van der Waals surface area (Å²) in [6, 6.07) is 6.30. The van der Waals surface area contributed by atoms with Gasteiger partial charge in [-0.15, -0.1) is 11.8 Å². The number of hydrogen-bond acceptors (Lipinski definition) is 9. The van der Waals surface area contributed by atoms with Gasteiger partial charge in [-0.05, 0) is 26.3 Å². The third-order valence-corrected chi connectivity index (χ3v) is 7.16. The van der Waals surface area contributed by atoms with E-state index in [9.17, 15) is 19.2 Å². The highest BCUT2D eigenvalue weighted by Gasteiger charge is 2.64. The number of nitrogens with two attached hydrogens (primary N) is 1. The standard InChI is InChI=1S/C21H23N3O7S/c1-10-12(31-20(28)30-10)9-29-19(27)15-21(2,3)32-18-14(17(26)24(15)18)23-16(25)13(22)11-7-5-4-6-8-11/h4-8,13-15,18H,9,22H2,1-3H3,(H,23,25)/t13-,14-,15+,18+/m1/s1. The van der Waals surface area contributed by atoms with Gasteiger partial charge < -0.3 is 29.5 Å². The molecule has 1 aromatic heterocycles. The Morgan fingerprint density at radius 3 is 2.56 bits per heavy atom. The summed E-state index contributed by atoms with van der Waals surface area (Å²) in [6.45, 7) is 4.89. The van der Waals surface area contributed by atoms with Crippen molar-refractivity contribution in [1.29, 1.82) is 0 Å². The molecule has 2 aliphatic rings. The predicted molar refractivity (Wildman–Crippen MR) is 113 cm³/mol. The van der Waals surface area contributed by atoms with E-state index in [0.717, 1.165) is 0 Å². The van der Waals surface area contributed by atoms with Crippen LogP contribution >= 0.6 is 11.8 Å². The van der Waals surface area contributed by atoms with Gasteiger partial charge in [-0.2, -0.15) is 0 Å². The van der Waals surface area contributed by atoms with Crippen molar-refractivity contribution in [2.75, 3.05) is 0 Å². The van der Waals surface area contributed by atoms with E-state index in [1.807, 2.05) is 19.9 Å². The number of amides is 2. The van der Waals surface area contributed by atoms with Crippen LogP contribution in [-0.4, -0.2) is 44.9 Å². The average Bonchev–Trinajstić information content (AvgIpc) is 3.22. The lowest BCUT2D eigenvalue weighted by atomic mass is 9.95. The number of fused-ring (bicyclic) bond motifs is 1. The van der Waals surface area contributed by atoms with Crippen molar-refractivity contribution >= 4 is 29.5 Å². The molecule has 170 valence electrons. The van der Waals surface area contributed by atoms with Crippen molar-refractivity contribution < 1.29 is 28.0 Å². The van der Waals surface area contributed by atoms with Gasteiger partial charge in [-0.1, -0.05) is 30.3 Å². The number of β-lactam (4-membered cyclic amide) rings is 1. The second-order valence-electron chi connectivity index (χ2n) is 8.18. The van der Waals surface area contributed by atoms with Gasteiger partial charge in [0.05, 0.1) is 0 Å². The molecule has 1 aromatic carbocycles. The zero-order valence-electron chi connectivity index (χ0n) is 17.7. The number of ether oxygens (including phenoxy) is 1. The van der Waals surface area contributed by atoms with Gasteiger partial charge >= 0.3 is 11.8 Å². The van der Waals surface area contributed by atoms with E-state index in [2.05, 4.69) is 5.32 Å². The SMILES string of the molecule is Cc1oc(=O)oc1COC(=O)[C@@H]1N2C(=O)[C@@H](NC(=O)[C@H](N)c3ccccc3)[C@@H]2SC1(C)C. The van der Waals surface area contributed by atoms with E-state index < -0.39 is 45.9 Å². The molecular weight excluding hydrogens is 438 g/mol. The molecule has 0 saturated carbocycles. The molecule has 2 amide bonds. The Bertz CT molecular complexity index is 1110. The van der Waals surface area contributed by atoms with E-state index in [4.69, 9.17) is 19.3 Å². The number of hydrogen-bond donors (Lipinski definition) is 2. The maximum atomic E-state index is 12.8. The summed E-state index contributed by atoms with van der Waals surface area (Å²) in [4.78, 5) is 50.8. The highest BCUT2D eigenvalue weighted by atomic mass is 32.2. The molecule has 0 aliphatic carbocycles. The van der Waals surface area contributed by atoms with E-state index in [0.29, 0.717) is 5.56 Å². The maximum Gasteiger partial charge on any atom is 0.519 e. The monoisotopic (exact) mass is 461 g/mol. The molecule has 32 heavy (non-hydrogen) atoms. The first-order valence-electron chi connectivity index (χ1n) is 9.97. The highest BCUT2D eigenvalue weighted by molar-refractivity contribution is 8.01. The van der Waals surface area contributed by atoms with Crippen LogP contribution in [0.3, 0.4) is 0 Å². The highest BCUT2D eigenvalue weighted by Crippen LogP contribution is 2.51. The number of carbonyl (C=O) groups excluding carboxylic acids is 3. The number of nitrogens with one attached hydrogen (secondary N) is 1. The lowest BCUT2D eigenvalue weighted by molar-refractivity contribution is -0.165. The number of aryl methyl sites for hydroxylation is 1. The Labute approximate surface area is 187 Å². The minimum atomic E-state index is -0.911. The summed E-state index contributed by atoms with van der Waals surface area (Å²) in [5, 5.41) is 2.29. The molecule has 2 aliphatic heterocycles. The molecule has 3 N–H and O–H groups in total. The van der Waals surface area contributed by atoms with Crippen molar-refractivity contribution in [2.45, 2.75) is 55.6 Å². The van der Waals surface area contributed by atoms with Gasteiger partial charge in [0.15, 0.2) is 18.1 Å². The van der Waals surface area contributed by atoms with Crippen molar-refractivity contribution in [3.63, 3.8) is 0 Å². The van der Waals surface area contributed by atoms with Gasteiger partial charge in [-0.25, -0.2) is 9.59 Å². The van der Waals surface area contributed by atoms with Gasteiger partial charge in [-0.3, -0.25) is 9.59 Å². The molecule has 0 bridgehead atoms. The van der Waals surface area contributed by atoms with Crippen molar-refractivity contribution in [2.24, 2.45) is 5.73 Å². The van der Waals surface area contributed by atoms with Crippen molar-refractivity contribution in [3.05, 3.63) is 58.0 Å². The van der Waals surface area contributed by atoms with Crippen LogP contribution in [-0.2, 0) is 25.7 Å². The molecule has 0 radical (unpaired) electrons. The van der Waals surface area contributed by atoms with Crippen LogP contribution in [0.25, 0.3) is 0 Å². The Morgan fingerprint density at radius 2 is 1.94 bits per heavy atom. The molecule has 4 rings (SSSR count). The number of nitrogens with zero attached hydrogens (tertiary/aromatic N) is 1. The van der Waals surface area contributed by atoms with Crippen LogP contribution in [0.1, 0.15) is 37.0 Å². The van der Waals surface area contributed by atoms with Crippen molar-refractivity contribution in [3.8, 4) is 0 Å². The Morgan fingerprint density at radius 1 is 1.25 bits per heavy atom. The topological polar surface area (TPSA) is 145 Å². The van der Waals surface area contributed by atoms with Crippen LogP contribution in [0.15, 0.2) is 44.0 Å². The molecule has 2 saturated heterocycles. The average molecular weight is 461 g/mol. The van der Waals surface area contributed by atoms with E-state index in [1.165, 1.54) is 23.6 Å². The summed E-state index contributed by atoms with van der Waals surface area (Å²) < 4.78 is 14.2. The Balaban J connectivity index is 1.42. The minimum absolute atomic E-state index is 0.110. The Hall–Kier alpha value is -3.05. The largest absolute Gasteiger partial charge is 0.519 e. The molecule has 4 atom stereocenters. The summed E-state index contributed by atoms with van der Waals surface area (Å²) in [5.41, 5.74) is 6.66. The third kappa shape index (κ3) is 3.82. The quantitative estimate of drug-likeness (QED) is 0.472. The van der Waals surface area contributed by atoms with Gasteiger partial charge in [0, 0.05) is 4.75 Å². The minimum Gasteiger partial charge on any atom is -0.456 e. The zero-order chi connectivity index (χ0) is 23.2. The maximum absolute atomic E-state index is 12.8. The molecule has 10 nitrogen and oxygen atoms in total. The summed E-state index contributed by atoms with van der Waals surface area (Å²) >= 11 is 1.40. The summed E-state index contributed by atoms with van der Waals surface area (Å²) in [5.74, 6) is -2.03. The predicted octanol–water partition coefficient (Wildman–Crippen LogP) is 0.832. The third-order valence-electron chi connectivity index (χ3n) is 5.58. The fraction of sp³-hybridized carbons (Fsp3) is 0.429. The van der Waals surface area contributed by atoms with Gasteiger partial charge in [0.2, 0.25) is 11.8 Å². The zero-order valence-corrected chi connectivity index (χ0v) is 18.5. The van der Waals surface area contributed by atoms with Crippen LogP contribution in [0, 0.1) is 6.92 Å². The lowest BCUT2D eigenvalue weighted by Gasteiger charge is -2.44. The number of thioether (sulfide) groups is 1. The smallest absolute Gasteiger partial charge is 0.456 e. The number of rotatable bonds is 6. The first-order chi connectivity index (χ1) is 15.1. The van der Waals surface area contributed by atoms with Gasteiger partial charge in [0.1, 0.15) is 23.5 Å². The molecule has 3 heterocycles. The Kier molecular flexibility index (Phi) is 5.63. The van der Waals surface area contributed by atoms with E-state index in [-0.39, 0.29) is 24.0 Å². The molecule has 2 aromatic rings. The second kappa shape index (κ2) is 8.14. The number of carbonyl (C=O) groups is 3. The van der Waals surface area contributed by atoms with E-state index >= 15 is 0 Å². The van der Waals surface area contributed by atoms with Gasteiger partial charge in [0.25, 0.3) is 0 Å². The molecule has 11 heteroatoms. The number of esters is 1. The van der Waals surface area contributed by atoms with Crippen LogP contribution in [0.4, 0.5) is 0 Å². The summed E-state index contributed by atoms with van der Waals surface area (Å²) in [6.07, 6.45) is 0. The molecule has 0 spiro atoms. The lowest BCUT2D eigenvalue weighted by Crippen LogP contribution is -2.71. The normalized spacial score (nSPS) is 24.4. The van der Waals surface area contributed by atoms with Crippen LogP contribution < -0.4 is 16.9 Å². The molecular formula is C21H23N3O7S. The molecule has 2 fully saturated rings. The first kappa shape index (κ1) is 22.2. The fourth-order valence-corrected chi connectivity index (χ4v) is 5.52. The summed E-state index contributed by atoms with van der Waals surface area (Å²) in [7, 11) is 0. The molecule has 0 unspecified atom stereocenters. The fourth-order valence-electron chi connectivity index (χ4n) is 3.90. The van der Waals surface area contributed by atoms with Crippen LogP contribution in [0.2, 0.25) is 0 Å². The van der Waals surface area contributed by atoms with Crippen molar-refractivity contribution in [1.82, 2.24) is 10.2 Å². The van der Waals surface area contributed by atoms with Crippen LogP contribution in [0.5, 0.6) is 0 Å². The number of benzene rings is 1. The first-order valence-corrected chi connectivity index (χ1v) is 10.8.